The van der Waals surface area contributed by atoms with Crippen molar-refractivity contribution in [2.75, 3.05) is 32.9 Å². The fraction of sp³-hybridized carbons (Fsp3) is 0.500. The van der Waals surface area contributed by atoms with Crippen LogP contribution in [0.15, 0.2) is 18.2 Å². The standard InChI is InChI=1S/C12H15Cl2NO2/c13-9-1-2-10(11(14)7-9)12(8-16)15-3-5-17-6-4-15/h1-2,7,12,16H,3-6,8H2. The van der Waals surface area contributed by atoms with Crippen LogP contribution in [-0.4, -0.2) is 42.9 Å². The quantitative estimate of drug-likeness (QED) is 0.920. The van der Waals surface area contributed by atoms with Crippen molar-refractivity contribution in [3.05, 3.63) is 33.8 Å². The molecule has 1 N–H and O–H groups in total. The predicted octanol–water partition coefficient (Wildman–Crippen LogP) is 2.36. The highest BCUT2D eigenvalue weighted by Crippen LogP contribution is 2.30. The Bertz CT molecular complexity index is 381. The van der Waals surface area contributed by atoms with E-state index in [2.05, 4.69) is 4.90 Å². The van der Waals surface area contributed by atoms with E-state index in [1.165, 1.54) is 0 Å². The molecule has 0 aromatic heterocycles. The number of halogens is 2. The van der Waals surface area contributed by atoms with Gasteiger partial charge >= 0.3 is 0 Å². The second kappa shape index (κ2) is 6.03. The molecule has 0 saturated carbocycles. The van der Waals surface area contributed by atoms with E-state index in [1.54, 1.807) is 12.1 Å². The third kappa shape index (κ3) is 3.12. The lowest BCUT2D eigenvalue weighted by atomic mass is 10.1. The molecule has 1 fully saturated rings. The maximum Gasteiger partial charge on any atom is 0.0629 e. The van der Waals surface area contributed by atoms with Gasteiger partial charge in [-0.25, -0.2) is 0 Å². The molecular weight excluding hydrogens is 261 g/mol. The molecule has 1 heterocycles. The third-order valence-corrected chi connectivity index (χ3v) is 3.54. The summed E-state index contributed by atoms with van der Waals surface area (Å²) in [5.41, 5.74) is 0.917. The van der Waals surface area contributed by atoms with Gasteiger partial charge in [-0.05, 0) is 17.7 Å². The molecule has 1 saturated heterocycles. The van der Waals surface area contributed by atoms with Crippen LogP contribution in [0.25, 0.3) is 0 Å². The first-order valence-electron chi connectivity index (χ1n) is 5.60. The Balaban J connectivity index is 2.21. The average Bonchev–Trinajstić information content (AvgIpc) is 2.34. The molecule has 0 aliphatic carbocycles. The number of nitrogens with zero attached hydrogens (tertiary/aromatic N) is 1. The Labute approximate surface area is 111 Å². The highest BCUT2D eigenvalue weighted by molar-refractivity contribution is 6.35. The monoisotopic (exact) mass is 275 g/mol. The second-order valence-electron chi connectivity index (χ2n) is 4.01. The molecule has 3 nitrogen and oxygen atoms in total. The van der Waals surface area contributed by atoms with E-state index >= 15 is 0 Å². The lowest BCUT2D eigenvalue weighted by Gasteiger charge is -2.34. The summed E-state index contributed by atoms with van der Waals surface area (Å²) in [6.07, 6.45) is 0. The van der Waals surface area contributed by atoms with E-state index in [-0.39, 0.29) is 12.6 Å². The molecule has 5 heteroatoms. The molecule has 94 valence electrons. The van der Waals surface area contributed by atoms with E-state index < -0.39 is 0 Å². The predicted molar refractivity (Wildman–Crippen MR) is 68.7 cm³/mol. The van der Waals surface area contributed by atoms with E-state index in [1.807, 2.05) is 6.07 Å². The zero-order valence-corrected chi connectivity index (χ0v) is 10.9. The smallest absolute Gasteiger partial charge is 0.0629 e. The number of benzene rings is 1. The zero-order chi connectivity index (χ0) is 12.3. The number of aliphatic hydroxyl groups excluding tert-OH is 1. The fourth-order valence-corrected chi connectivity index (χ4v) is 2.61. The van der Waals surface area contributed by atoms with Gasteiger partial charge in [-0.1, -0.05) is 29.3 Å². The summed E-state index contributed by atoms with van der Waals surface area (Å²) in [7, 11) is 0. The van der Waals surface area contributed by atoms with Crippen molar-refractivity contribution in [1.82, 2.24) is 4.90 Å². The van der Waals surface area contributed by atoms with E-state index in [4.69, 9.17) is 27.9 Å². The van der Waals surface area contributed by atoms with Crippen molar-refractivity contribution in [1.29, 1.82) is 0 Å². The molecule has 1 unspecified atom stereocenters. The lowest BCUT2D eigenvalue weighted by molar-refractivity contribution is 0.00261. The summed E-state index contributed by atoms with van der Waals surface area (Å²) in [6, 6.07) is 5.30. The summed E-state index contributed by atoms with van der Waals surface area (Å²) in [5, 5.41) is 10.8. The highest BCUT2D eigenvalue weighted by Gasteiger charge is 2.23. The number of ether oxygens (including phenoxy) is 1. The van der Waals surface area contributed by atoms with Gasteiger partial charge in [0.2, 0.25) is 0 Å². The normalized spacial score (nSPS) is 19.2. The second-order valence-corrected chi connectivity index (χ2v) is 4.86. The van der Waals surface area contributed by atoms with Gasteiger partial charge in [0.25, 0.3) is 0 Å². The molecule has 1 aliphatic rings. The minimum Gasteiger partial charge on any atom is -0.394 e. The van der Waals surface area contributed by atoms with Crippen LogP contribution in [0.2, 0.25) is 10.0 Å². The molecule has 1 aromatic carbocycles. The van der Waals surface area contributed by atoms with Crippen LogP contribution >= 0.6 is 23.2 Å². The number of rotatable bonds is 3. The van der Waals surface area contributed by atoms with Crippen LogP contribution in [0.1, 0.15) is 11.6 Å². The molecule has 1 aliphatic heterocycles. The fourth-order valence-electron chi connectivity index (χ4n) is 2.07. The Hall–Kier alpha value is -0.320. The first kappa shape index (κ1) is 13.1. The van der Waals surface area contributed by atoms with Crippen LogP contribution < -0.4 is 0 Å². The Kier molecular flexibility index (Phi) is 4.65. The van der Waals surface area contributed by atoms with Crippen molar-refractivity contribution in [3.63, 3.8) is 0 Å². The van der Waals surface area contributed by atoms with Crippen molar-refractivity contribution < 1.29 is 9.84 Å². The summed E-state index contributed by atoms with van der Waals surface area (Å²) in [6.45, 7) is 3.05. The Morgan fingerprint density at radius 3 is 2.59 bits per heavy atom. The zero-order valence-electron chi connectivity index (χ0n) is 9.40. The van der Waals surface area contributed by atoms with Crippen molar-refractivity contribution in [2.24, 2.45) is 0 Å². The average molecular weight is 276 g/mol. The topological polar surface area (TPSA) is 32.7 Å². The summed E-state index contributed by atoms with van der Waals surface area (Å²) < 4.78 is 5.30. The number of hydrogen-bond donors (Lipinski definition) is 1. The van der Waals surface area contributed by atoms with Gasteiger partial charge in [-0.2, -0.15) is 0 Å². The summed E-state index contributed by atoms with van der Waals surface area (Å²) in [5.74, 6) is 0. The maximum absolute atomic E-state index is 9.55. The van der Waals surface area contributed by atoms with Crippen LogP contribution in [0.3, 0.4) is 0 Å². The molecule has 1 aromatic rings. The van der Waals surface area contributed by atoms with Crippen molar-refractivity contribution in [2.45, 2.75) is 6.04 Å². The van der Waals surface area contributed by atoms with Gasteiger partial charge in [-0.3, -0.25) is 4.90 Å². The molecule has 0 bridgehead atoms. The highest BCUT2D eigenvalue weighted by atomic mass is 35.5. The van der Waals surface area contributed by atoms with Crippen LogP contribution in [0.4, 0.5) is 0 Å². The number of morpholine rings is 1. The van der Waals surface area contributed by atoms with Crippen LogP contribution in [-0.2, 0) is 4.74 Å². The largest absolute Gasteiger partial charge is 0.394 e. The summed E-state index contributed by atoms with van der Waals surface area (Å²) >= 11 is 12.0. The van der Waals surface area contributed by atoms with E-state index in [0.717, 1.165) is 18.7 Å². The molecule has 0 amide bonds. The minimum atomic E-state index is -0.0799. The maximum atomic E-state index is 9.55. The Morgan fingerprint density at radius 2 is 2.00 bits per heavy atom. The van der Waals surface area contributed by atoms with Crippen molar-refractivity contribution >= 4 is 23.2 Å². The van der Waals surface area contributed by atoms with Gasteiger partial charge in [-0.15, -0.1) is 0 Å². The van der Waals surface area contributed by atoms with Crippen LogP contribution in [0.5, 0.6) is 0 Å². The van der Waals surface area contributed by atoms with Gasteiger partial charge in [0.1, 0.15) is 0 Å². The van der Waals surface area contributed by atoms with Gasteiger partial charge in [0.05, 0.1) is 25.9 Å². The van der Waals surface area contributed by atoms with E-state index in [9.17, 15) is 5.11 Å². The van der Waals surface area contributed by atoms with Crippen molar-refractivity contribution in [3.8, 4) is 0 Å². The molecule has 0 radical (unpaired) electrons. The molecule has 17 heavy (non-hydrogen) atoms. The number of hydrogen-bond acceptors (Lipinski definition) is 3. The third-order valence-electron chi connectivity index (χ3n) is 2.98. The molecule has 1 atom stereocenters. The van der Waals surface area contributed by atoms with E-state index in [0.29, 0.717) is 23.3 Å². The SMILES string of the molecule is OCC(c1ccc(Cl)cc1Cl)N1CCOCC1. The van der Waals surface area contributed by atoms with Crippen LogP contribution in [0, 0.1) is 0 Å². The molecule has 0 spiro atoms. The molecular formula is C12H15Cl2NO2. The van der Waals surface area contributed by atoms with Gasteiger partial charge in [0.15, 0.2) is 0 Å². The number of aliphatic hydroxyl groups is 1. The molecule has 2 rings (SSSR count). The van der Waals surface area contributed by atoms with Gasteiger partial charge in [0, 0.05) is 23.1 Å². The first-order valence-corrected chi connectivity index (χ1v) is 6.35. The first-order chi connectivity index (χ1) is 8.22. The Morgan fingerprint density at radius 1 is 1.29 bits per heavy atom. The lowest BCUT2D eigenvalue weighted by Crippen LogP contribution is -2.40. The van der Waals surface area contributed by atoms with Gasteiger partial charge < -0.3 is 9.84 Å². The minimum absolute atomic E-state index is 0.0430. The summed E-state index contributed by atoms with van der Waals surface area (Å²) in [4.78, 5) is 2.18.